The largest absolute Gasteiger partial charge is 0.345 e. The number of unbranched alkanes of at least 4 members (excludes halogenated alkanes) is 1. The Hall–Kier alpha value is -1.30. The maximum atomic E-state index is 11.8. The van der Waals surface area contributed by atoms with Crippen molar-refractivity contribution in [1.82, 2.24) is 15.2 Å². The number of nitrogens with zero attached hydrogens (tertiary/aromatic N) is 3. The van der Waals surface area contributed by atoms with Crippen LogP contribution < -0.4 is 10.2 Å². The second-order valence-corrected chi connectivity index (χ2v) is 5.25. The number of hydrogen-bond donors (Lipinski definition) is 1. The lowest BCUT2D eigenvalue weighted by Crippen LogP contribution is -2.52. The number of nitrogens with one attached hydrogen (secondary N) is 1. The van der Waals surface area contributed by atoms with Gasteiger partial charge < -0.3 is 15.1 Å². The van der Waals surface area contributed by atoms with Crippen molar-refractivity contribution in [3.05, 3.63) is 11.6 Å². The van der Waals surface area contributed by atoms with E-state index in [1.165, 1.54) is 0 Å². The summed E-state index contributed by atoms with van der Waals surface area (Å²) in [6.45, 7) is 6.19. The van der Waals surface area contributed by atoms with Gasteiger partial charge in [0, 0.05) is 44.3 Å². The molecule has 18 heavy (non-hydrogen) atoms. The molecule has 0 saturated carbocycles. The van der Waals surface area contributed by atoms with Crippen LogP contribution in [-0.4, -0.2) is 48.6 Å². The molecule has 1 aliphatic heterocycles. The highest BCUT2D eigenvalue weighted by atomic mass is 32.1. The maximum absolute atomic E-state index is 11.8. The van der Waals surface area contributed by atoms with E-state index < -0.39 is 0 Å². The highest BCUT2D eigenvalue weighted by Crippen LogP contribution is 2.18. The average Bonchev–Trinajstić information content (AvgIpc) is 2.93. The Kier molecular flexibility index (Phi) is 4.81. The van der Waals surface area contributed by atoms with E-state index in [0.29, 0.717) is 0 Å². The second kappa shape index (κ2) is 6.58. The van der Waals surface area contributed by atoms with Gasteiger partial charge in [0.15, 0.2) is 5.13 Å². The number of aromatic nitrogens is 1. The van der Waals surface area contributed by atoms with E-state index in [1.54, 1.807) is 11.3 Å². The molecule has 5 nitrogen and oxygen atoms in total. The Morgan fingerprint density at radius 3 is 2.83 bits per heavy atom. The molecule has 2 rings (SSSR count). The van der Waals surface area contributed by atoms with Crippen LogP contribution in [0.5, 0.6) is 0 Å². The standard InChI is InChI=1S/C12H20N4OS/c1-2-3-4-13-11(17)15-6-8-16(9-7-15)12-14-5-10-18-12/h5,10H,2-4,6-9H2,1H3,(H,13,17). The zero-order valence-corrected chi connectivity index (χ0v) is 11.6. The van der Waals surface area contributed by atoms with Crippen molar-refractivity contribution >= 4 is 22.5 Å². The van der Waals surface area contributed by atoms with Gasteiger partial charge in [-0.1, -0.05) is 13.3 Å². The van der Waals surface area contributed by atoms with Crippen molar-refractivity contribution < 1.29 is 4.79 Å². The summed E-state index contributed by atoms with van der Waals surface area (Å²) in [7, 11) is 0. The van der Waals surface area contributed by atoms with Crippen LogP contribution in [0.3, 0.4) is 0 Å². The molecular weight excluding hydrogens is 248 g/mol. The Morgan fingerprint density at radius 2 is 2.22 bits per heavy atom. The molecule has 0 atom stereocenters. The molecule has 1 N–H and O–H groups in total. The van der Waals surface area contributed by atoms with Crippen LogP contribution in [0, 0.1) is 0 Å². The van der Waals surface area contributed by atoms with Gasteiger partial charge in [0.05, 0.1) is 0 Å². The lowest BCUT2D eigenvalue weighted by Gasteiger charge is -2.34. The molecule has 6 heteroatoms. The van der Waals surface area contributed by atoms with Gasteiger partial charge in [-0.05, 0) is 6.42 Å². The van der Waals surface area contributed by atoms with Crippen LogP contribution in [0.15, 0.2) is 11.6 Å². The van der Waals surface area contributed by atoms with Crippen LogP contribution in [-0.2, 0) is 0 Å². The minimum absolute atomic E-state index is 0.0715. The first-order chi connectivity index (χ1) is 8.81. The monoisotopic (exact) mass is 268 g/mol. The second-order valence-electron chi connectivity index (χ2n) is 4.37. The molecule has 0 bridgehead atoms. The molecule has 2 amide bonds. The average molecular weight is 268 g/mol. The highest BCUT2D eigenvalue weighted by molar-refractivity contribution is 7.13. The predicted octanol–water partition coefficient (Wildman–Crippen LogP) is 1.77. The summed E-state index contributed by atoms with van der Waals surface area (Å²) in [5.74, 6) is 0. The molecular formula is C12H20N4OS. The summed E-state index contributed by atoms with van der Waals surface area (Å²) in [4.78, 5) is 20.3. The molecule has 0 aromatic carbocycles. The third kappa shape index (κ3) is 3.35. The molecule has 0 aliphatic carbocycles. The van der Waals surface area contributed by atoms with E-state index in [4.69, 9.17) is 0 Å². The smallest absolute Gasteiger partial charge is 0.317 e. The summed E-state index contributed by atoms with van der Waals surface area (Å²) in [5.41, 5.74) is 0. The van der Waals surface area contributed by atoms with Crippen LogP contribution >= 0.6 is 11.3 Å². The Morgan fingerprint density at radius 1 is 1.44 bits per heavy atom. The number of anilines is 1. The molecule has 1 fully saturated rings. The predicted molar refractivity (Wildman–Crippen MR) is 74.2 cm³/mol. The van der Waals surface area contributed by atoms with E-state index in [2.05, 4.69) is 22.1 Å². The van der Waals surface area contributed by atoms with Gasteiger partial charge in [0.2, 0.25) is 0 Å². The molecule has 100 valence electrons. The van der Waals surface area contributed by atoms with Crippen molar-refractivity contribution in [2.45, 2.75) is 19.8 Å². The van der Waals surface area contributed by atoms with Crippen molar-refractivity contribution in [2.75, 3.05) is 37.6 Å². The van der Waals surface area contributed by atoms with Crippen molar-refractivity contribution in [3.8, 4) is 0 Å². The zero-order valence-electron chi connectivity index (χ0n) is 10.8. The molecule has 2 heterocycles. The third-order valence-corrected chi connectivity index (χ3v) is 3.90. The van der Waals surface area contributed by atoms with Crippen LogP contribution in [0.2, 0.25) is 0 Å². The molecule has 0 unspecified atom stereocenters. The molecule has 1 aliphatic rings. The molecule has 1 saturated heterocycles. The van der Waals surface area contributed by atoms with Gasteiger partial charge >= 0.3 is 6.03 Å². The number of hydrogen-bond acceptors (Lipinski definition) is 4. The summed E-state index contributed by atoms with van der Waals surface area (Å²) >= 11 is 1.65. The highest BCUT2D eigenvalue weighted by Gasteiger charge is 2.21. The fraction of sp³-hybridized carbons (Fsp3) is 0.667. The van der Waals surface area contributed by atoms with E-state index in [0.717, 1.165) is 50.7 Å². The summed E-state index contributed by atoms with van der Waals surface area (Å²) in [5, 5.41) is 6.00. The lowest BCUT2D eigenvalue weighted by molar-refractivity contribution is 0.194. The van der Waals surface area contributed by atoms with Crippen molar-refractivity contribution in [3.63, 3.8) is 0 Å². The number of thiazole rings is 1. The Balaban J connectivity index is 1.74. The minimum atomic E-state index is 0.0715. The van der Waals surface area contributed by atoms with E-state index in [1.807, 2.05) is 16.5 Å². The first-order valence-electron chi connectivity index (χ1n) is 6.48. The first kappa shape index (κ1) is 13.1. The number of carbonyl (C=O) groups is 1. The number of piperazine rings is 1. The summed E-state index contributed by atoms with van der Waals surface area (Å²) < 4.78 is 0. The number of carbonyl (C=O) groups excluding carboxylic acids is 1. The SMILES string of the molecule is CCCCNC(=O)N1CCN(c2nccs2)CC1. The van der Waals surface area contributed by atoms with Crippen LogP contribution in [0.1, 0.15) is 19.8 Å². The van der Waals surface area contributed by atoms with Gasteiger partial charge in [-0.3, -0.25) is 0 Å². The van der Waals surface area contributed by atoms with Gasteiger partial charge in [-0.15, -0.1) is 11.3 Å². The van der Waals surface area contributed by atoms with E-state index in [9.17, 15) is 4.79 Å². The molecule has 0 spiro atoms. The van der Waals surface area contributed by atoms with Gasteiger partial charge in [0.1, 0.15) is 0 Å². The van der Waals surface area contributed by atoms with Gasteiger partial charge in [-0.25, -0.2) is 9.78 Å². The van der Waals surface area contributed by atoms with Crippen molar-refractivity contribution in [2.24, 2.45) is 0 Å². The van der Waals surface area contributed by atoms with Crippen molar-refractivity contribution in [1.29, 1.82) is 0 Å². The van der Waals surface area contributed by atoms with Crippen LogP contribution in [0.25, 0.3) is 0 Å². The lowest BCUT2D eigenvalue weighted by atomic mass is 10.3. The normalized spacial score (nSPS) is 15.8. The fourth-order valence-corrected chi connectivity index (χ4v) is 2.65. The fourth-order valence-electron chi connectivity index (χ4n) is 1.96. The number of rotatable bonds is 4. The van der Waals surface area contributed by atoms with E-state index in [-0.39, 0.29) is 6.03 Å². The van der Waals surface area contributed by atoms with Gasteiger partial charge in [0.25, 0.3) is 0 Å². The number of urea groups is 1. The third-order valence-electron chi connectivity index (χ3n) is 3.06. The summed E-state index contributed by atoms with van der Waals surface area (Å²) in [6, 6.07) is 0.0715. The first-order valence-corrected chi connectivity index (χ1v) is 7.36. The zero-order chi connectivity index (χ0) is 12.8. The molecule has 0 radical (unpaired) electrons. The van der Waals surface area contributed by atoms with Crippen LogP contribution in [0.4, 0.5) is 9.93 Å². The van der Waals surface area contributed by atoms with E-state index >= 15 is 0 Å². The maximum Gasteiger partial charge on any atom is 0.317 e. The molecule has 1 aromatic rings. The Bertz CT molecular complexity index is 360. The summed E-state index contributed by atoms with van der Waals surface area (Å²) in [6.07, 6.45) is 3.98. The Labute approximate surface area is 112 Å². The van der Waals surface area contributed by atoms with Gasteiger partial charge in [-0.2, -0.15) is 0 Å². The number of amides is 2. The topological polar surface area (TPSA) is 48.5 Å². The minimum Gasteiger partial charge on any atom is -0.345 e. The molecule has 1 aromatic heterocycles. The quantitative estimate of drug-likeness (QED) is 0.847.